The first-order chi connectivity index (χ1) is 27.5. The third-order valence-corrected chi connectivity index (χ3v) is 16.0. The van der Waals surface area contributed by atoms with Gasteiger partial charge in [0.2, 0.25) is 0 Å². The van der Waals surface area contributed by atoms with E-state index in [1.807, 2.05) is 0 Å². The Morgan fingerprint density at radius 2 is 1.21 bits per heavy atom. The fourth-order valence-corrected chi connectivity index (χ4v) is 12.5. The van der Waals surface area contributed by atoms with Gasteiger partial charge in [-0.3, -0.25) is 9.59 Å². The van der Waals surface area contributed by atoms with Gasteiger partial charge in [-0.2, -0.15) is 0 Å². The first-order valence-corrected chi connectivity index (χ1v) is 25.6. The molecule has 4 aliphatic rings. The van der Waals surface area contributed by atoms with Crippen LogP contribution < -0.4 is 0 Å². The zero-order valence-electron chi connectivity index (χ0n) is 39.1. The van der Waals surface area contributed by atoms with Crippen LogP contribution in [-0.4, -0.2) is 23.1 Å². The van der Waals surface area contributed by atoms with E-state index in [1.54, 1.807) is 5.57 Å². The van der Waals surface area contributed by atoms with Crippen LogP contribution in [0.25, 0.3) is 0 Å². The summed E-state index contributed by atoms with van der Waals surface area (Å²) in [5, 5.41) is 8.41. The summed E-state index contributed by atoms with van der Waals surface area (Å²) in [6.45, 7) is 17.2. The number of aliphatic carboxylic acids is 1. The minimum absolute atomic E-state index is 0.0618. The van der Waals surface area contributed by atoms with Crippen LogP contribution in [0.3, 0.4) is 0 Å². The highest BCUT2D eigenvalue weighted by molar-refractivity contribution is 5.69. The van der Waals surface area contributed by atoms with Gasteiger partial charge in [0, 0.05) is 19.3 Å². The first kappa shape index (κ1) is 50.0. The third kappa shape index (κ3) is 16.9. The summed E-state index contributed by atoms with van der Waals surface area (Å²) in [5.74, 6) is 4.69. The van der Waals surface area contributed by atoms with Crippen LogP contribution in [0, 0.1) is 46.3 Å². The van der Waals surface area contributed by atoms with E-state index in [9.17, 15) is 9.59 Å². The van der Waals surface area contributed by atoms with Crippen LogP contribution in [0.4, 0.5) is 0 Å². The smallest absolute Gasteiger partial charge is 0.306 e. The monoisotopic (exact) mass is 797 g/mol. The molecule has 0 amide bonds. The highest BCUT2D eigenvalue weighted by Crippen LogP contribution is 2.67. The van der Waals surface area contributed by atoms with Crippen molar-refractivity contribution < 1.29 is 19.4 Å². The minimum atomic E-state index is -0.659. The van der Waals surface area contributed by atoms with Gasteiger partial charge in [-0.1, -0.05) is 195 Å². The number of carboxylic acids is 1. The van der Waals surface area contributed by atoms with E-state index < -0.39 is 5.97 Å². The van der Waals surface area contributed by atoms with E-state index in [2.05, 4.69) is 54.5 Å². The van der Waals surface area contributed by atoms with Crippen molar-refractivity contribution >= 4 is 11.9 Å². The molecule has 0 aromatic heterocycles. The maximum absolute atomic E-state index is 12.7. The molecule has 0 aromatic carbocycles. The Labute approximate surface area is 354 Å². The summed E-state index contributed by atoms with van der Waals surface area (Å²) in [6, 6.07) is 0. The lowest BCUT2D eigenvalue weighted by Gasteiger charge is -2.58. The van der Waals surface area contributed by atoms with Gasteiger partial charge >= 0.3 is 11.9 Å². The van der Waals surface area contributed by atoms with Crippen LogP contribution in [0.15, 0.2) is 11.6 Å². The van der Waals surface area contributed by atoms with Crippen molar-refractivity contribution in [3.8, 4) is 0 Å². The van der Waals surface area contributed by atoms with Gasteiger partial charge in [0.1, 0.15) is 6.10 Å². The number of fused-ring (bicyclic) bond motifs is 5. The molecule has 1 N–H and O–H groups in total. The van der Waals surface area contributed by atoms with Gasteiger partial charge in [-0.25, -0.2) is 0 Å². The molecule has 3 fully saturated rings. The van der Waals surface area contributed by atoms with Gasteiger partial charge < -0.3 is 9.84 Å². The van der Waals surface area contributed by atoms with Crippen molar-refractivity contribution in [3.05, 3.63) is 11.6 Å². The normalized spacial score (nSPS) is 28.4. The summed E-state index contributed by atoms with van der Waals surface area (Å²) in [4.78, 5) is 22.9. The van der Waals surface area contributed by atoms with Gasteiger partial charge in [-0.05, 0) is 104 Å². The fraction of sp³-hybridized carbons (Fsp3) is 0.925. The number of carbonyl (C=O) groups is 2. The molecule has 4 aliphatic carbocycles. The molecular formula is C53H96O4. The summed E-state index contributed by atoms with van der Waals surface area (Å²) < 4.78 is 6.11. The predicted octanol–water partition coefficient (Wildman–Crippen LogP) is 16.6. The molecule has 4 rings (SSSR count). The molecule has 0 spiro atoms. The molecule has 0 saturated heterocycles. The second kappa shape index (κ2) is 27.5. The van der Waals surface area contributed by atoms with E-state index in [4.69, 9.17) is 9.84 Å². The summed E-state index contributed by atoms with van der Waals surface area (Å²) in [5.41, 5.74) is 2.54. The predicted molar refractivity (Wildman–Crippen MR) is 243 cm³/mol. The Kier molecular flexibility index (Phi) is 24.2. The highest BCUT2D eigenvalue weighted by Gasteiger charge is 2.59. The Hall–Kier alpha value is -1.32. The Morgan fingerprint density at radius 3 is 1.75 bits per heavy atom. The summed E-state index contributed by atoms with van der Waals surface area (Å²) in [7, 11) is 0. The van der Waals surface area contributed by atoms with E-state index in [1.165, 1.54) is 167 Å². The molecule has 0 aliphatic heterocycles. The second-order valence-corrected chi connectivity index (χ2v) is 20.9. The van der Waals surface area contributed by atoms with Gasteiger partial charge in [0.25, 0.3) is 0 Å². The number of hydrogen-bond acceptors (Lipinski definition) is 3. The second-order valence-electron chi connectivity index (χ2n) is 20.9. The topological polar surface area (TPSA) is 63.6 Å². The Morgan fingerprint density at radius 1 is 0.667 bits per heavy atom. The van der Waals surface area contributed by atoms with Crippen molar-refractivity contribution in [2.75, 3.05) is 0 Å². The van der Waals surface area contributed by atoms with Crippen molar-refractivity contribution in [2.24, 2.45) is 46.3 Å². The van der Waals surface area contributed by atoms with Crippen molar-refractivity contribution in [2.45, 2.75) is 266 Å². The molecule has 0 heterocycles. The van der Waals surface area contributed by atoms with Crippen LogP contribution in [-0.2, 0) is 14.3 Å². The maximum atomic E-state index is 12.7. The summed E-state index contributed by atoms with van der Waals surface area (Å²) >= 11 is 0. The van der Waals surface area contributed by atoms with E-state index >= 15 is 0 Å². The van der Waals surface area contributed by atoms with E-state index in [-0.39, 0.29) is 12.1 Å². The third-order valence-electron chi connectivity index (χ3n) is 16.0. The molecule has 3 saturated carbocycles. The number of carbonyl (C=O) groups excluding carboxylic acids is 1. The SMILES string of the molecule is CCCCCCCCCCCC(=O)O.CCCCCCCCCCCCCC(=O)O[C@H]1CC[C@@]2(C)C(=CC[C@H]3[C@@H]4CC[C@H]([C@H](C)CCCC(C)C)[C@@]4(C)CC[C@@H]32)C1. The van der Waals surface area contributed by atoms with Crippen LogP contribution in [0.5, 0.6) is 0 Å². The zero-order chi connectivity index (χ0) is 41.5. The molecule has 8 atom stereocenters. The molecule has 0 radical (unpaired) electrons. The Balaban J connectivity index is 0.000000529. The van der Waals surface area contributed by atoms with Crippen molar-refractivity contribution in [1.29, 1.82) is 0 Å². The van der Waals surface area contributed by atoms with Crippen molar-refractivity contribution in [1.82, 2.24) is 0 Å². The Bertz CT molecular complexity index is 1130. The number of rotatable bonds is 28. The van der Waals surface area contributed by atoms with Crippen LogP contribution >= 0.6 is 0 Å². The van der Waals surface area contributed by atoms with E-state index in [0.29, 0.717) is 23.7 Å². The molecular weight excluding hydrogens is 701 g/mol. The fourth-order valence-electron chi connectivity index (χ4n) is 12.5. The van der Waals surface area contributed by atoms with Crippen LogP contribution in [0.2, 0.25) is 0 Å². The standard InChI is InChI=1S/C41H72O2.C12H24O2/c1-7-8-9-10-11-12-13-14-15-16-17-21-39(42)43-34-26-28-40(5)33(30-34)22-23-35-37-25-24-36(32(4)20-18-19-31(2)3)41(37,6)29-27-38(35)40;1-2-3-4-5-6-7-8-9-10-11-12(13)14/h22,31-32,34-38H,7-21,23-30H2,1-6H3;2-11H2,1H3,(H,13,14)/t32-,34+,35+,36-,37+,38+,40+,41-;/m1./s1. The van der Waals surface area contributed by atoms with E-state index in [0.717, 1.165) is 67.6 Å². The molecule has 57 heavy (non-hydrogen) atoms. The summed E-state index contributed by atoms with van der Waals surface area (Å²) in [6.07, 6.45) is 44.0. The largest absolute Gasteiger partial charge is 0.481 e. The molecule has 0 bridgehead atoms. The lowest BCUT2D eigenvalue weighted by molar-refractivity contribution is -0.151. The molecule has 0 aromatic rings. The zero-order valence-corrected chi connectivity index (χ0v) is 39.1. The lowest BCUT2D eigenvalue weighted by Crippen LogP contribution is -2.51. The number of hydrogen-bond donors (Lipinski definition) is 1. The van der Waals surface area contributed by atoms with Gasteiger partial charge in [0.05, 0.1) is 0 Å². The molecule has 4 heteroatoms. The number of carboxylic acid groups (broad SMARTS) is 1. The quantitative estimate of drug-likeness (QED) is 0.0487. The molecule has 4 nitrogen and oxygen atoms in total. The molecule has 332 valence electrons. The van der Waals surface area contributed by atoms with Crippen LogP contribution in [0.1, 0.15) is 260 Å². The number of ether oxygens (including phenoxy) is 1. The first-order valence-electron chi connectivity index (χ1n) is 25.6. The average Bonchev–Trinajstić information content (AvgIpc) is 3.54. The number of unbranched alkanes of at least 4 members (excludes halogenated alkanes) is 18. The number of esters is 1. The lowest BCUT2D eigenvalue weighted by atomic mass is 9.47. The average molecular weight is 797 g/mol. The minimum Gasteiger partial charge on any atom is -0.481 e. The van der Waals surface area contributed by atoms with Gasteiger partial charge in [0.15, 0.2) is 0 Å². The highest BCUT2D eigenvalue weighted by atomic mass is 16.5. The molecule has 0 unspecified atom stereocenters. The van der Waals surface area contributed by atoms with Gasteiger partial charge in [-0.15, -0.1) is 0 Å². The van der Waals surface area contributed by atoms with Crippen molar-refractivity contribution in [3.63, 3.8) is 0 Å². The maximum Gasteiger partial charge on any atom is 0.306 e. The number of allylic oxidation sites excluding steroid dienone is 1.